The van der Waals surface area contributed by atoms with E-state index < -0.39 is 5.97 Å². The monoisotopic (exact) mass is 395 g/mol. The summed E-state index contributed by atoms with van der Waals surface area (Å²) >= 11 is 6.23. The number of hydrogen-bond donors (Lipinski definition) is 0. The average molecular weight is 396 g/mol. The molecule has 4 rings (SSSR count). The molecule has 0 radical (unpaired) electrons. The van der Waals surface area contributed by atoms with Gasteiger partial charge in [0.25, 0.3) is 0 Å². The molecule has 3 aromatic carbocycles. The summed E-state index contributed by atoms with van der Waals surface area (Å²) in [6, 6.07) is 23.2. The van der Waals surface area contributed by atoms with Crippen molar-refractivity contribution in [2.45, 2.75) is 6.92 Å². The van der Waals surface area contributed by atoms with Crippen molar-refractivity contribution >= 4 is 28.5 Å². The minimum atomic E-state index is -1.25. The number of fused-ring (bicyclic) bond motifs is 1. The number of carboxylic acids is 1. The van der Waals surface area contributed by atoms with E-state index in [0.717, 1.165) is 16.7 Å². The van der Waals surface area contributed by atoms with Crippen molar-refractivity contribution in [3.63, 3.8) is 0 Å². The second kappa shape index (κ2) is 8.46. The van der Waals surface area contributed by atoms with Crippen LogP contribution in [-0.4, -0.2) is 11.0 Å². The largest absolute Gasteiger partial charge is 1.00 e. The molecule has 0 spiro atoms. The third-order valence-corrected chi connectivity index (χ3v) is 4.99. The second-order valence-corrected chi connectivity index (χ2v) is 6.73. The number of benzene rings is 3. The first kappa shape index (κ1) is 20.6. The van der Waals surface area contributed by atoms with Crippen molar-refractivity contribution in [3.05, 3.63) is 88.9 Å². The zero-order valence-electron chi connectivity index (χ0n) is 15.6. The van der Waals surface area contributed by atoms with Gasteiger partial charge in [-0.3, -0.25) is 0 Å². The Balaban J connectivity index is 0.00000225. The molecule has 4 aromatic rings. The number of rotatable bonds is 3. The van der Waals surface area contributed by atoms with Gasteiger partial charge in [0, 0.05) is 16.5 Å². The first-order valence-electron chi connectivity index (χ1n) is 8.52. The summed E-state index contributed by atoms with van der Waals surface area (Å²) in [6.45, 7) is 1.74. The van der Waals surface area contributed by atoms with Gasteiger partial charge >= 0.3 is 29.6 Å². The third-order valence-electron chi connectivity index (χ3n) is 4.67. The molecule has 0 unspecified atom stereocenters. The molecule has 28 heavy (non-hydrogen) atoms. The maximum absolute atomic E-state index is 11.8. The van der Waals surface area contributed by atoms with E-state index in [1.807, 2.05) is 54.6 Å². The fourth-order valence-electron chi connectivity index (χ4n) is 3.35. The van der Waals surface area contributed by atoms with Gasteiger partial charge in [0.1, 0.15) is 0 Å². The Kier molecular flexibility index (Phi) is 6.21. The summed E-state index contributed by atoms with van der Waals surface area (Å²) in [4.78, 5) is 16.5. The Morgan fingerprint density at radius 1 is 0.857 bits per heavy atom. The fourth-order valence-corrected chi connectivity index (χ4v) is 3.62. The summed E-state index contributed by atoms with van der Waals surface area (Å²) in [5, 5.41) is 12.6. The molecular formula is C23H15ClNNaO2. The van der Waals surface area contributed by atoms with Gasteiger partial charge in [0.05, 0.1) is 22.2 Å². The summed E-state index contributed by atoms with van der Waals surface area (Å²) < 4.78 is 0. The number of halogens is 1. The molecule has 0 amide bonds. The molecule has 5 heteroatoms. The molecule has 3 nitrogen and oxygen atoms in total. The molecule has 1 heterocycles. The van der Waals surface area contributed by atoms with Crippen LogP contribution in [0.5, 0.6) is 0 Å². The van der Waals surface area contributed by atoms with Crippen LogP contribution in [0.3, 0.4) is 0 Å². The number of aromatic nitrogens is 1. The zero-order chi connectivity index (χ0) is 19.0. The van der Waals surface area contributed by atoms with E-state index >= 15 is 0 Å². The van der Waals surface area contributed by atoms with E-state index in [1.54, 1.807) is 25.1 Å². The van der Waals surface area contributed by atoms with Crippen LogP contribution in [0.15, 0.2) is 72.8 Å². The first-order chi connectivity index (χ1) is 13.1. The standard InChI is InChI=1S/C23H16ClNO2.Na/c1-14-20(23(26)27)21-18(24)8-5-9-19(21)25-22(14)17-12-10-16(11-13-17)15-6-3-2-4-7-15;/h2-13H,1H3,(H,26,27);/q;+1/p-1. The number of carbonyl (C=O) groups is 1. The molecular weight excluding hydrogens is 381 g/mol. The Labute approximate surface area is 190 Å². The van der Waals surface area contributed by atoms with Gasteiger partial charge in [0.15, 0.2) is 0 Å². The summed E-state index contributed by atoms with van der Waals surface area (Å²) in [7, 11) is 0. The maximum Gasteiger partial charge on any atom is 1.00 e. The number of carboxylic acid groups (broad SMARTS) is 1. The molecule has 0 bridgehead atoms. The Morgan fingerprint density at radius 2 is 1.46 bits per heavy atom. The minimum Gasteiger partial charge on any atom is -0.545 e. The molecule has 0 atom stereocenters. The topological polar surface area (TPSA) is 53.0 Å². The summed E-state index contributed by atoms with van der Waals surface area (Å²) in [6.07, 6.45) is 0. The number of pyridine rings is 1. The van der Waals surface area contributed by atoms with E-state index in [9.17, 15) is 9.90 Å². The van der Waals surface area contributed by atoms with Crippen LogP contribution in [0.25, 0.3) is 33.3 Å². The van der Waals surface area contributed by atoms with Crippen molar-refractivity contribution in [1.82, 2.24) is 4.98 Å². The molecule has 0 fully saturated rings. The van der Waals surface area contributed by atoms with Gasteiger partial charge < -0.3 is 9.90 Å². The van der Waals surface area contributed by atoms with Gasteiger partial charge in [-0.1, -0.05) is 72.3 Å². The van der Waals surface area contributed by atoms with Crippen LogP contribution >= 0.6 is 11.6 Å². The minimum absolute atomic E-state index is 0. The number of aromatic carboxylic acids is 1. The van der Waals surface area contributed by atoms with Crippen LogP contribution < -0.4 is 34.7 Å². The van der Waals surface area contributed by atoms with Crippen LogP contribution in [0, 0.1) is 6.92 Å². The van der Waals surface area contributed by atoms with E-state index in [1.165, 1.54) is 0 Å². The fraction of sp³-hybridized carbons (Fsp3) is 0.0435. The van der Waals surface area contributed by atoms with Gasteiger partial charge in [-0.05, 0) is 35.7 Å². The van der Waals surface area contributed by atoms with Crippen LogP contribution in [0.4, 0.5) is 0 Å². The number of hydrogen-bond acceptors (Lipinski definition) is 3. The molecule has 132 valence electrons. The van der Waals surface area contributed by atoms with Crippen molar-refractivity contribution in [2.75, 3.05) is 0 Å². The summed E-state index contributed by atoms with van der Waals surface area (Å²) in [5.74, 6) is -1.25. The van der Waals surface area contributed by atoms with E-state index in [-0.39, 0.29) is 35.1 Å². The van der Waals surface area contributed by atoms with E-state index in [4.69, 9.17) is 11.6 Å². The second-order valence-electron chi connectivity index (χ2n) is 6.33. The predicted octanol–water partition coefficient (Wildman–Crippen LogP) is 1.90. The van der Waals surface area contributed by atoms with Crippen molar-refractivity contribution in [3.8, 4) is 22.4 Å². The Bertz CT molecular complexity index is 1160. The summed E-state index contributed by atoms with van der Waals surface area (Å²) in [5.41, 5.74) is 4.83. The van der Waals surface area contributed by atoms with E-state index in [2.05, 4.69) is 4.98 Å². The average Bonchev–Trinajstić information content (AvgIpc) is 2.69. The molecule has 0 saturated heterocycles. The molecule has 0 N–H and O–H groups in total. The van der Waals surface area contributed by atoms with Crippen molar-refractivity contribution in [1.29, 1.82) is 0 Å². The Hall–Kier alpha value is -2.17. The van der Waals surface area contributed by atoms with Crippen LogP contribution in [0.2, 0.25) is 5.02 Å². The third kappa shape index (κ3) is 3.71. The first-order valence-corrected chi connectivity index (χ1v) is 8.90. The van der Waals surface area contributed by atoms with Crippen LogP contribution in [0.1, 0.15) is 15.9 Å². The quantitative estimate of drug-likeness (QED) is 0.498. The normalized spacial score (nSPS) is 10.5. The number of carbonyl (C=O) groups excluding carboxylic acids is 1. The Morgan fingerprint density at radius 3 is 2.11 bits per heavy atom. The van der Waals surface area contributed by atoms with Gasteiger partial charge in [0.2, 0.25) is 0 Å². The van der Waals surface area contributed by atoms with Crippen LogP contribution in [-0.2, 0) is 0 Å². The predicted molar refractivity (Wildman–Crippen MR) is 107 cm³/mol. The molecule has 1 aromatic heterocycles. The molecule has 0 aliphatic rings. The maximum atomic E-state index is 11.8. The smallest absolute Gasteiger partial charge is 0.545 e. The van der Waals surface area contributed by atoms with Crippen molar-refractivity contribution in [2.24, 2.45) is 0 Å². The number of nitrogens with zero attached hydrogens (tertiary/aromatic N) is 1. The van der Waals surface area contributed by atoms with Gasteiger partial charge in [-0.15, -0.1) is 0 Å². The molecule has 0 aliphatic carbocycles. The molecule has 0 aliphatic heterocycles. The molecule has 0 saturated carbocycles. The zero-order valence-corrected chi connectivity index (χ0v) is 18.3. The SMILES string of the molecule is Cc1c(-c2ccc(-c3ccccc3)cc2)nc2cccc(Cl)c2c1C(=O)[O-].[Na+]. The van der Waals surface area contributed by atoms with Gasteiger partial charge in [-0.2, -0.15) is 0 Å². The van der Waals surface area contributed by atoms with Gasteiger partial charge in [-0.25, -0.2) is 4.98 Å². The van der Waals surface area contributed by atoms with Crippen molar-refractivity contribution < 1.29 is 39.5 Å². The van der Waals surface area contributed by atoms with E-state index in [0.29, 0.717) is 27.2 Å².